The molecule has 0 atom stereocenters. The lowest BCUT2D eigenvalue weighted by atomic mass is 10.0. The normalized spacial score (nSPS) is 24.1. The van der Waals surface area contributed by atoms with Crippen molar-refractivity contribution in [1.29, 1.82) is 0 Å². The summed E-state index contributed by atoms with van der Waals surface area (Å²) < 4.78 is 0. The lowest BCUT2D eigenvalue weighted by molar-refractivity contribution is -0.0479. The van der Waals surface area contributed by atoms with Crippen LogP contribution in [-0.4, -0.2) is 40.7 Å². The summed E-state index contributed by atoms with van der Waals surface area (Å²) in [6.07, 6.45) is 12.1. The van der Waals surface area contributed by atoms with Gasteiger partial charge in [-0.15, -0.1) is 4.91 Å². The standard InChI is InChI=1S/C17H27N5O/c1-3-7-17-18-15-8-5-6-9-16(15)22(17)14-10-12-20(13-11-14)21(4-2)19-23/h5,7-8,14,18H,3-4,6,9-13H2,1-2H3/b17-7+. The average Bonchev–Trinajstić information content (AvgIpc) is 2.95. The van der Waals surface area contributed by atoms with E-state index in [0.717, 1.165) is 45.2 Å². The molecule has 3 aliphatic rings. The van der Waals surface area contributed by atoms with Gasteiger partial charge in [0.15, 0.2) is 0 Å². The van der Waals surface area contributed by atoms with E-state index in [1.807, 2.05) is 6.92 Å². The Bertz CT molecular complexity index is 531. The lowest BCUT2D eigenvalue weighted by Crippen LogP contribution is -2.49. The van der Waals surface area contributed by atoms with Crippen LogP contribution in [-0.2, 0) is 0 Å². The summed E-state index contributed by atoms with van der Waals surface area (Å²) in [4.78, 5) is 13.4. The van der Waals surface area contributed by atoms with Crippen molar-refractivity contribution in [3.8, 4) is 0 Å². The van der Waals surface area contributed by atoms with E-state index in [9.17, 15) is 4.91 Å². The average molecular weight is 317 g/mol. The summed E-state index contributed by atoms with van der Waals surface area (Å²) in [5.74, 6) is 1.24. The van der Waals surface area contributed by atoms with E-state index in [-0.39, 0.29) is 0 Å². The highest BCUT2D eigenvalue weighted by Gasteiger charge is 2.34. The van der Waals surface area contributed by atoms with E-state index >= 15 is 0 Å². The van der Waals surface area contributed by atoms with Gasteiger partial charge in [0.25, 0.3) is 0 Å². The van der Waals surface area contributed by atoms with E-state index < -0.39 is 0 Å². The number of hydrogen-bond acceptors (Lipinski definition) is 5. The molecule has 0 aromatic rings. The number of piperidine rings is 1. The van der Waals surface area contributed by atoms with Gasteiger partial charge in [-0.3, -0.25) is 0 Å². The Kier molecular flexibility index (Phi) is 5.00. The summed E-state index contributed by atoms with van der Waals surface area (Å²) in [6.45, 7) is 6.56. The lowest BCUT2D eigenvalue weighted by Gasteiger charge is -2.40. The number of allylic oxidation sites excluding steroid dienone is 4. The molecule has 23 heavy (non-hydrogen) atoms. The van der Waals surface area contributed by atoms with Gasteiger partial charge < -0.3 is 10.2 Å². The highest BCUT2D eigenvalue weighted by molar-refractivity contribution is 5.38. The van der Waals surface area contributed by atoms with Crippen LogP contribution in [0.25, 0.3) is 0 Å². The van der Waals surface area contributed by atoms with Gasteiger partial charge >= 0.3 is 0 Å². The molecular formula is C17H27N5O. The molecule has 3 rings (SSSR count). The quantitative estimate of drug-likeness (QED) is 0.624. The van der Waals surface area contributed by atoms with Crippen LogP contribution in [0.5, 0.6) is 0 Å². The number of hydrogen-bond donors (Lipinski definition) is 1. The third kappa shape index (κ3) is 3.13. The fraction of sp³-hybridized carbons (Fsp3) is 0.647. The minimum Gasteiger partial charge on any atom is -0.340 e. The Labute approximate surface area is 138 Å². The van der Waals surface area contributed by atoms with Crippen molar-refractivity contribution >= 4 is 0 Å². The summed E-state index contributed by atoms with van der Waals surface area (Å²) in [5.41, 5.74) is 2.70. The van der Waals surface area contributed by atoms with Crippen molar-refractivity contribution in [2.24, 2.45) is 5.29 Å². The predicted octanol–water partition coefficient (Wildman–Crippen LogP) is 3.09. The van der Waals surface area contributed by atoms with Gasteiger partial charge in [0, 0.05) is 24.8 Å². The van der Waals surface area contributed by atoms with Crippen LogP contribution in [0.15, 0.2) is 40.7 Å². The molecule has 6 heteroatoms. The minimum atomic E-state index is 0.501. The molecule has 0 bridgehead atoms. The Hall–Kier alpha value is -1.82. The number of rotatable bonds is 5. The summed E-state index contributed by atoms with van der Waals surface area (Å²) in [5, 5.41) is 10.3. The Morgan fingerprint density at radius 1 is 1.39 bits per heavy atom. The molecule has 0 amide bonds. The third-order valence-electron chi connectivity index (χ3n) is 4.86. The molecular weight excluding hydrogens is 290 g/mol. The molecule has 0 radical (unpaired) electrons. The smallest absolute Gasteiger partial charge is 0.106 e. The highest BCUT2D eigenvalue weighted by atomic mass is 16.3. The monoisotopic (exact) mass is 317 g/mol. The van der Waals surface area contributed by atoms with Gasteiger partial charge in [-0.05, 0) is 51.2 Å². The summed E-state index contributed by atoms with van der Waals surface area (Å²) in [7, 11) is 0. The van der Waals surface area contributed by atoms with Gasteiger partial charge in [-0.1, -0.05) is 13.0 Å². The molecule has 2 heterocycles. The number of nitroso groups, excluding NO2 is 1. The predicted molar refractivity (Wildman–Crippen MR) is 91.5 cm³/mol. The third-order valence-corrected chi connectivity index (χ3v) is 4.86. The summed E-state index contributed by atoms with van der Waals surface area (Å²) >= 11 is 0. The maximum absolute atomic E-state index is 10.9. The van der Waals surface area contributed by atoms with E-state index in [4.69, 9.17) is 0 Å². The first kappa shape index (κ1) is 16.1. The Morgan fingerprint density at radius 3 is 2.83 bits per heavy atom. The summed E-state index contributed by atoms with van der Waals surface area (Å²) in [6, 6.07) is 0.501. The van der Waals surface area contributed by atoms with E-state index in [2.05, 4.69) is 45.7 Å². The second-order valence-electron chi connectivity index (χ2n) is 6.25. The first-order chi connectivity index (χ1) is 11.3. The second-order valence-corrected chi connectivity index (χ2v) is 6.25. The molecule has 1 N–H and O–H groups in total. The van der Waals surface area contributed by atoms with Gasteiger partial charge in [0.05, 0.1) is 17.5 Å². The molecule has 6 nitrogen and oxygen atoms in total. The van der Waals surface area contributed by atoms with Crippen LogP contribution >= 0.6 is 0 Å². The molecule has 0 aromatic carbocycles. The highest BCUT2D eigenvalue weighted by Crippen LogP contribution is 2.35. The molecule has 0 spiro atoms. The fourth-order valence-corrected chi connectivity index (χ4v) is 3.77. The van der Waals surface area contributed by atoms with Crippen LogP contribution in [0, 0.1) is 4.91 Å². The topological polar surface area (TPSA) is 51.2 Å². The first-order valence-corrected chi connectivity index (χ1v) is 8.80. The Balaban J connectivity index is 1.72. The fourth-order valence-electron chi connectivity index (χ4n) is 3.77. The van der Waals surface area contributed by atoms with Gasteiger partial charge in [0.1, 0.15) is 5.82 Å². The minimum absolute atomic E-state index is 0.501. The SMILES string of the molecule is CC/C=C1\NC2=C(CCC=C2)N1C1CCN(N(CC)N=O)CC1. The van der Waals surface area contributed by atoms with Gasteiger partial charge in [-0.2, -0.15) is 5.12 Å². The van der Waals surface area contributed by atoms with E-state index in [0.29, 0.717) is 12.6 Å². The zero-order chi connectivity index (χ0) is 16.2. The zero-order valence-corrected chi connectivity index (χ0v) is 14.2. The zero-order valence-electron chi connectivity index (χ0n) is 14.2. The molecule has 0 aromatic heterocycles. The van der Waals surface area contributed by atoms with Crippen LogP contribution in [0.4, 0.5) is 0 Å². The van der Waals surface area contributed by atoms with Gasteiger partial charge in [0.2, 0.25) is 0 Å². The number of nitrogens with zero attached hydrogens (tertiary/aromatic N) is 4. The van der Waals surface area contributed by atoms with Gasteiger partial charge in [-0.25, -0.2) is 5.01 Å². The second kappa shape index (κ2) is 7.17. The van der Waals surface area contributed by atoms with Crippen molar-refractivity contribution < 1.29 is 0 Å². The van der Waals surface area contributed by atoms with Crippen molar-refractivity contribution in [1.82, 2.24) is 20.3 Å². The molecule has 1 fully saturated rings. The molecule has 2 aliphatic heterocycles. The molecule has 0 saturated carbocycles. The molecule has 126 valence electrons. The maximum Gasteiger partial charge on any atom is 0.106 e. The van der Waals surface area contributed by atoms with Crippen molar-refractivity contribution in [3.05, 3.63) is 40.4 Å². The first-order valence-electron chi connectivity index (χ1n) is 8.80. The van der Waals surface area contributed by atoms with Crippen LogP contribution in [0.1, 0.15) is 46.0 Å². The van der Waals surface area contributed by atoms with E-state index in [1.54, 1.807) is 5.12 Å². The van der Waals surface area contributed by atoms with Crippen molar-refractivity contribution in [2.45, 2.75) is 52.0 Å². The molecule has 0 unspecified atom stereocenters. The largest absolute Gasteiger partial charge is 0.340 e. The number of hydrazine groups is 1. The van der Waals surface area contributed by atoms with Crippen molar-refractivity contribution in [2.75, 3.05) is 19.6 Å². The van der Waals surface area contributed by atoms with Crippen LogP contribution < -0.4 is 5.32 Å². The molecule has 1 saturated heterocycles. The maximum atomic E-state index is 10.9. The molecule has 1 aliphatic carbocycles. The van der Waals surface area contributed by atoms with Crippen LogP contribution in [0.3, 0.4) is 0 Å². The van der Waals surface area contributed by atoms with Crippen molar-refractivity contribution in [3.63, 3.8) is 0 Å². The Morgan fingerprint density at radius 2 is 2.17 bits per heavy atom. The van der Waals surface area contributed by atoms with Crippen LogP contribution in [0.2, 0.25) is 0 Å². The van der Waals surface area contributed by atoms with E-state index in [1.165, 1.54) is 17.2 Å². The number of nitrogens with one attached hydrogen (secondary N) is 1.